The number of para-hydroxylation sites is 1. The van der Waals surface area contributed by atoms with Crippen molar-refractivity contribution in [2.24, 2.45) is 0 Å². The molecule has 156 valence electrons. The molecule has 0 aliphatic heterocycles. The number of fused-ring (bicyclic) bond motifs is 1. The average molecular weight is 423 g/mol. The molecule has 0 spiro atoms. The van der Waals surface area contributed by atoms with E-state index in [0.29, 0.717) is 29.0 Å². The highest BCUT2D eigenvalue weighted by Crippen LogP contribution is 2.27. The molecule has 6 nitrogen and oxygen atoms in total. The number of ether oxygens (including phenoxy) is 1. The second-order valence-electron chi connectivity index (χ2n) is 6.78. The van der Waals surface area contributed by atoms with Crippen LogP contribution in [0.25, 0.3) is 11.0 Å². The van der Waals surface area contributed by atoms with Crippen molar-refractivity contribution in [3.63, 3.8) is 0 Å². The minimum atomic E-state index is -4.75. The monoisotopic (exact) mass is 423 g/mol. The molecule has 0 aliphatic rings. The van der Waals surface area contributed by atoms with Crippen LogP contribution < -0.4 is 10.1 Å². The Labute approximate surface area is 175 Å². The van der Waals surface area contributed by atoms with Crippen molar-refractivity contribution >= 4 is 16.9 Å². The van der Waals surface area contributed by atoms with Crippen molar-refractivity contribution < 1.29 is 17.9 Å². The molecule has 0 saturated heterocycles. The number of halogens is 3. The highest BCUT2D eigenvalue weighted by Gasteiger charge is 2.31. The van der Waals surface area contributed by atoms with Gasteiger partial charge in [-0.25, -0.2) is 9.97 Å². The van der Waals surface area contributed by atoms with Crippen LogP contribution in [0, 0.1) is 11.3 Å². The minimum absolute atomic E-state index is 0.129. The summed E-state index contributed by atoms with van der Waals surface area (Å²) in [6.07, 6.45) is 0.903. The van der Waals surface area contributed by atoms with E-state index in [0.717, 1.165) is 16.5 Å². The van der Waals surface area contributed by atoms with Gasteiger partial charge in [0.15, 0.2) is 0 Å². The quantitative estimate of drug-likeness (QED) is 0.459. The molecule has 0 aliphatic carbocycles. The highest BCUT2D eigenvalue weighted by molar-refractivity contribution is 5.81. The Morgan fingerprint density at radius 3 is 2.65 bits per heavy atom. The zero-order valence-corrected chi connectivity index (χ0v) is 16.1. The molecule has 0 atom stereocenters. The van der Waals surface area contributed by atoms with E-state index in [-0.39, 0.29) is 12.3 Å². The largest absolute Gasteiger partial charge is 0.573 e. The molecular weight excluding hydrogens is 407 g/mol. The minimum Gasteiger partial charge on any atom is -0.405 e. The van der Waals surface area contributed by atoms with E-state index in [9.17, 15) is 13.2 Å². The maximum absolute atomic E-state index is 12.5. The number of nitriles is 1. The Morgan fingerprint density at radius 1 is 1.06 bits per heavy atom. The van der Waals surface area contributed by atoms with E-state index in [2.05, 4.69) is 31.1 Å². The molecule has 0 fully saturated rings. The number of aromatic nitrogens is 3. The van der Waals surface area contributed by atoms with Crippen LogP contribution >= 0.6 is 0 Å². The fourth-order valence-corrected chi connectivity index (χ4v) is 3.18. The number of benzene rings is 1. The Kier molecular flexibility index (Phi) is 5.45. The summed E-state index contributed by atoms with van der Waals surface area (Å²) in [5.41, 5.74) is 3.49. The molecule has 4 rings (SSSR count). The number of hydrogen-bond acceptors (Lipinski definition) is 5. The number of aromatic amines is 1. The number of nitrogens with zero attached hydrogens (tertiary/aromatic N) is 3. The van der Waals surface area contributed by atoms with Crippen LogP contribution in [-0.2, 0) is 13.0 Å². The van der Waals surface area contributed by atoms with Crippen LogP contribution in [0.2, 0.25) is 0 Å². The number of anilines is 1. The van der Waals surface area contributed by atoms with Gasteiger partial charge in [0.1, 0.15) is 23.3 Å². The van der Waals surface area contributed by atoms with Gasteiger partial charge in [-0.3, -0.25) is 0 Å². The van der Waals surface area contributed by atoms with Crippen molar-refractivity contribution in [2.45, 2.75) is 19.3 Å². The van der Waals surface area contributed by atoms with Crippen molar-refractivity contribution in [2.75, 3.05) is 5.32 Å². The number of hydrogen-bond donors (Lipinski definition) is 2. The molecule has 0 unspecified atom stereocenters. The molecule has 4 aromatic rings. The van der Waals surface area contributed by atoms with Crippen LogP contribution in [0.3, 0.4) is 0 Å². The van der Waals surface area contributed by atoms with Crippen LogP contribution in [0.15, 0.2) is 61.1 Å². The van der Waals surface area contributed by atoms with Gasteiger partial charge in [0.05, 0.1) is 5.56 Å². The van der Waals surface area contributed by atoms with Crippen molar-refractivity contribution in [1.29, 1.82) is 5.26 Å². The summed E-state index contributed by atoms with van der Waals surface area (Å²) in [6.45, 7) is 0.129. The first kappa shape index (κ1) is 20.2. The lowest BCUT2D eigenvalue weighted by atomic mass is 10.1. The van der Waals surface area contributed by atoms with Crippen LogP contribution in [-0.4, -0.2) is 21.3 Å². The molecule has 2 N–H and O–H groups in total. The first-order valence-corrected chi connectivity index (χ1v) is 9.30. The van der Waals surface area contributed by atoms with Gasteiger partial charge in [-0.2, -0.15) is 5.26 Å². The summed E-state index contributed by atoms with van der Waals surface area (Å²) < 4.78 is 41.7. The van der Waals surface area contributed by atoms with Gasteiger partial charge in [-0.15, -0.1) is 13.2 Å². The van der Waals surface area contributed by atoms with Crippen molar-refractivity contribution in [3.05, 3.63) is 83.3 Å². The van der Waals surface area contributed by atoms with E-state index in [1.165, 1.54) is 18.3 Å². The lowest BCUT2D eigenvalue weighted by Gasteiger charge is -2.14. The Balaban J connectivity index is 1.44. The number of H-pyrrole nitrogens is 1. The summed E-state index contributed by atoms with van der Waals surface area (Å²) in [6, 6.07) is 13.5. The summed E-state index contributed by atoms with van der Waals surface area (Å²) >= 11 is 0. The van der Waals surface area contributed by atoms with Gasteiger partial charge in [0.25, 0.3) is 0 Å². The third-order valence-electron chi connectivity index (χ3n) is 4.62. The third kappa shape index (κ3) is 4.93. The molecule has 1 aromatic carbocycles. The first-order chi connectivity index (χ1) is 14.9. The van der Waals surface area contributed by atoms with Crippen molar-refractivity contribution in [1.82, 2.24) is 15.0 Å². The molecular formula is C22H16F3N5O. The topological polar surface area (TPSA) is 86.6 Å². The molecule has 9 heteroatoms. The molecule has 0 bridgehead atoms. The van der Waals surface area contributed by atoms with E-state index in [1.807, 2.05) is 12.3 Å². The number of alkyl halides is 3. The Bertz CT molecular complexity index is 1240. The van der Waals surface area contributed by atoms with Gasteiger partial charge in [0.2, 0.25) is 0 Å². The average Bonchev–Trinajstić information content (AvgIpc) is 3.15. The van der Waals surface area contributed by atoms with Crippen LogP contribution in [0.4, 0.5) is 19.0 Å². The van der Waals surface area contributed by atoms with Crippen LogP contribution in [0.1, 0.15) is 22.3 Å². The van der Waals surface area contributed by atoms with Gasteiger partial charge in [-0.1, -0.05) is 24.3 Å². The maximum Gasteiger partial charge on any atom is 0.573 e. The third-order valence-corrected chi connectivity index (χ3v) is 4.62. The van der Waals surface area contributed by atoms with E-state index < -0.39 is 6.36 Å². The highest BCUT2D eigenvalue weighted by atomic mass is 19.4. The van der Waals surface area contributed by atoms with Gasteiger partial charge >= 0.3 is 6.36 Å². The summed E-state index contributed by atoms with van der Waals surface area (Å²) in [5.74, 6) is 0.279. The van der Waals surface area contributed by atoms with E-state index >= 15 is 0 Å². The summed E-state index contributed by atoms with van der Waals surface area (Å²) in [5, 5.41) is 13.0. The molecule has 0 saturated carbocycles. The molecule has 0 amide bonds. The fourth-order valence-electron chi connectivity index (χ4n) is 3.18. The van der Waals surface area contributed by atoms with Crippen molar-refractivity contribution in [3.8, 4) is 11.8 Å². The van der Waals surface area contributed by atoms with E-state index in [1.54, 1.807) is 30.5 Å². The second kappa shape index (κ2) is 8.36. The summed E-state index contributed by atoms with van der Waals surface area (Å²) in [7, 11) is 0. The normalized spacial score (nSPS) is 11.3. The maximum atomic E-state index is 12.5. The number of rotatable bonds is 6. The fraction of sp³-hybridized carbons (Fsp3) is 0.136. The lowest BCUT2D eigenvalue weighted by molar-refractivity contribution is -0.274. The lowest BCUT2D eigenvalue weighted by Crippen LogP contribution is -2.18. The SMILES string of the molecule is N#Cc1cnc2[nH]cc(Cc3ccc(NCc4ccccc4OC(F)(F)F)nc3)c2c1. The Hall–Kier alpha value is -4.06. The summed E-state index contributed by atoms with van der Waals surface area (Å²) in [4.78, 5) is 11.7. The zero-order chi connectivity index (χ0) is 21.8. The smallest absolute Gasteiger partial charge is 0.405 e. The molecule has 31 heavy (non-hydrogen) atoms. The zero-order valence-electron chi connectivity index (χ0n) is 16.1. The van der Waals surface area contributed by atoms with Gasteiger partial charge in [0, 0.05) is 42.5 Å². The second-order valence-corrected chi connectivity index (χ2v) is 6.78. The van der Waals surface area contributed by atoms with Gasteiger partial charge < -0.3 is 15.0 Å². The molecule has 3 aromatic heterocycles. The Morgan fingerprint density at radius 2 is 1.90 bits per heavy atom. The standard InChI is InChI=1S/C22H16F3N5O/c23-22(24,25)31-19-4-2-1-3-16(19)12-28-20-6-5-14(10-27-20)7-17-13-30-21-18(17)8-15(9-26)11-29-21/h1-6,8,10-11,13H,7,12H2,(H,27,28)(H,29,30). The molecule has 0 radical (unpaired) electrons. The first-order valence-electron chi connectivity index (χ1n) is 9.30. The van der Waals surface area contributed by atoms with Crippen LogP contribution in [0.5, 0.6) is 5.75 Å². The predicted octanol–water partition coefficient (Wildman–Crippen LogP) is 4.93. The number of pyridine rings is 2. The van der Waals surface area contributed by atoms with Gasteiger partial charge in [-0.05, 0) is 29.3 Å². The predicted molar refractivity (Wildman–Crippen MR) is 108 cm³/mol. The molecule has 3 heterocycles. The van der Waals surface area contributed by atoms with E-state index in [4.69, 9.17) is 5.26 Å². The number of nitrogens with one attached hydrogen (secondary N) is 2.